The molecule has 2 aromatic heterocycles. The van der Waals surface area contributed by atoms with Gasteiger partial charge in [0.1, 0.15) is 17.3 Å². The fraction of sp³-hybridized carbons (Fsp3) is 0.533. The van der Waals surface area contributed by atoms with E-state index in [-0.39, 0.29) is 10.6 Å². The van der Waals surface area contributed by atoms with Gasteiger partial charge in [0, 0.05) is 39.4 Å². The topological polar surface area (TPSA) is 93.2 Å². The van der Waals surface area contributed by atoms with Gasteiger partial charge in [0.2, 0.25) is 5.82 Å². The summed E-state index contributed by atoms with van der Waals surface area (Å²) < 4.78 is 1.63. The number of rotatable bonds is 4. The van der Waals surface area contributed by atoms with Gasteiger partial charge in [-0.05, 0) is 19.4 Å². The molecule has 0 aromatic carbocycles. The monoisotopic (exact) mass is 331 g/mol. The first-order valence-corrected chi connectivity index (χ1v) is 8.01. The molecule has 3 rings (SSSR count). The van der Waals surface area contributed by atoms with Crippen LogP contribution in [0.4, 0.5) is 17.3 Å². The molecule has 9 nitrogen and oxygen atoms in total. The highest BCUT2D eigenvalue weighted by atomic mass is 16.6. The SMILES string of the molecule is CCc1nn(C)c(N2CCN(c3ccnc(C)n3)CC2)c1[N+](=O)[O-]. The second kappa shape index (κ2) is 6.42. The normalized spacial score (nSPS) is 15.0. The van der Waals surface area contributed by atoms with Crippen molar-refractivity contribution in [2.45, 2.75) is 20.3 Å². The van der Waals surface area contributed by atoms with E-state index in [1.54, 1.807) is 17.9 Å². The number of hydrogen-bond acceptors (Lipinski definition) is 7. The van der Waals surface area contributed by atoms with Crippen LogP contribution in [0.25, 0.3) is 0 Å². The maximum absolute atomic E-state index is 11.5. The van der Waals surface area contributed by atoms with E-state index in [0.29, 0.717) is 31.0 Å². The Hall–Kier alpha value is -2.71. The van der Waals surface area contributed by atoms with Crippen molar-refractivity contribution < 1.29 is 4.92 Å². The molecule has 24 heavy (non-hydrogen) atoms. The minimum absolute atomic E-state index is 0.131. The first-order valence-electron chi connectivity index (χ1n) is 8.01. The minimum atomic E-state index is -0.318. The van der Waals surface area contributed by atoms with Gasteiger partial charge >= 0.3 is 5.69 Å². The molecule has 0 radical (unpaired) electrons. The van der Waals surface area contributed by atoms with E-state index in [9.17, 15) is 10.1 Å². The van der Waals surface area contributed by atoms with Crippen LogP contribution in [-0.2, 0) is 13.5 Å². The number of nitrogens with zero attached hydrogens (tertiary/aromatic N) is 7. The number of aromatic nitrogens is 4. The lowest BCUT2D eigenvalue weighted by molar-refractivity contribution is -0.384. The van der Waals surface area contributed by atoms with Crippen LogP contribution in [0, 0.1) is 17.0 Å². The van der Waals surface area contributed by atoms with Crippen LogP contribution in [-0.4, -0.2) is 50.9 Å². The summed E-state index contributed by atoms with van der Waals surface area (Å²) in [6.07, 6.45) is 2.30. The molecule has 1 saturated heterocycles. The third-order valence-corrected chi connectivity index (χ3v) is 4.24. The highest BCUT2D eigenvalue weighted by Gasteiger charge is 2.31. The summed E-state index contributed by atoms with van der Waals surface area (Å²) in [5.41, 5.74) is 0.665. The fourth-order valence-electron chi connectivity index (χ4n) is 3.10. The summed E-state index contributed by atoms with van der Waals surface area (Å²) >= 11 is 0. The first-order chi connectivity index (χ1) is 11.5. The summed E-state index contributed by atoms with van der Waals surface area (Å²) in [7, 11) is 1.77. The summed E-state index contributed by atoms with van der Waals surface area (Å²) in [6.45, 7) is 6.62. The van der Waals surface area contributed by atoms with Gasteiger partial charge < -0.3 is 9.80 Å². The fourth-order valence-corrected chi connectivity index (χ4v) is 3.10. The number of piperazine rings is 1. The Labute approximate surface area is 140 Å². The van der Waals surface area contributed by atoms with Crippen molar-refractivity contribution in [1.29, 1.82) is 0 Å². The molecule has 0 atom stereocenters. The molecular weight excluding hydrogens is 310 g/mol. The van der Waals surface area contributed by atoms with Gasteiger partial charge in [0.25, 0.3) is 0 Å². The molecule has 0 spiro atoms. The summed E-state index contributed by atoms with van der Waals surface area (Å²) in [4.78, 5) is 23.9. The number of aryl methyl sites for hydroxylation is 3. The lowest BCUT2D eigenvalue weighted by Crippen LogP contribution is -2.47. The standard InChI is InChI=1S/C15H21N7O2/c1-4-12-14(22(23)24)15(19(3)18-12)21-9-7-20(8-10-21)13-5-6-16-11(2)17-13/h5-6H,4,7-10H2,1-3H3. The van der Waals surface area contributed by atoms with Crippen molar-refractivity contribution in [3.8, 4) is 0 Å². The van der Waals surface area contributed by atoms with E-state index in [0.717, 1.165) is 24.7 Å². The molecule has 3 heterocycles. The highest BCUT2D eigenvalue weighted by Crippen LogP contribution is 2.32. The quantitative estimate of drug-likeness (QED) is 0.616. The van der Waals surface area contributed by atoms with E-state index >= 15 is 0 Å². The summed E-state index contributed by atoms with van der Waals surface area (Å²) in [5.74, 6) is 2.23. The first kappa shape index (κ1) is 16.2. The lowest BCUT2D eigenvalue weighted by Gasteiger charge is -2.35. The van der Waals surface area contributed by atoms with Crippen molar-refractivity contribution in [3.05, 3.63) is 33.9 Å². The summed E-state index contributed by atoms with van der Waals surface area (Å²) in [6, 6.07) is 1.89. The maximum atomic E-state index is 11.5. The van der Waals surface area contributed by atoms with Gasteiger partial charge in [0.05, 0.1) is 4.92 Å². The van der Waals surface area contributed by atoms with Gasteiger partial charge in [-0.25, -0.2) is 14.6 Å². The Kier molecular flexibility index (Phi) is 4.32. The molecule has 0 aliphatic carbocycles. The largest absolute Gasteiger partial charge is 0.353 e. The Morgan fingerprint density at radius 3 is 2.50 bits per heavy atom. The van der Waals surface area contributed by atoms with E-state index < -0.39 is 0 Å². The molecule has 9 heteroatoms. The van der Waals surface area contributed by atoms with Crippen molar-refractivity contribution in [2.75, 3.05) is 36.0 Å². The molecule has 1 aliphatic heterocycles. The van der Waals surface area contributed by atoms with Gasteiger partial charge in [-0.2, -0.15) is 5.10 Å². The molecule has 2 aromatic rings. The smallest absolute Gasteiger partial charge is 0.334 e. The molecule has 1 aliphatic rings. The molecule has 0 bridgehead atoms. The van der Waals surface area contributed by atoms with Crippen LogP contribution in [0.2, 0.25) is 0 Å². The second-order valence-electron chi connectivity index (χ2n) is 5.79. The lowest BCUT2D eigenvalue weighted by atomic mass is 10.2. The summed E-state index contributed by atoms with van der Waals surface area (Å²) in [5, 5.41) is 15.8. The average Bonchev–Trinajstić information content (AvgIpc) is 2.92. The molecule has 0 N–H and O–H groups in total. The van der Waals surface area contributed by atoms with Crippen molar-refractivity contribution >= 4 is 17.3 Å². The molecular formula is C15H21N7O2. The second-order valence-corrected chi connectivity index (χ2v) is 5.79. The Balaban J connectivity index is 1.80. The predicted molar refractivity (Wildman–Crippen MR) is 90.4 cm³/mol. The molecule has 0 saturated carbocycles. The van der Waals surface area contributed by atoms with Crippen LogP contribution in [0.1, 0.15) is 18.4 Å². The van der Waals surface area contributed by atoms with Gasteiger partial charge in [0.15, 0.2) is 0 Å². The van der Waals surface area contributed by atoms with E-state index in [4.69, 9.17) is 0 Å². The number of hydrogen-bond donors (Lipinski definition) is 0. The van der Waals surface area contributed by atoms with Crippen LogP contribution in [0.15, 0.2) is 12.3 Å². The van der Waals surface area contributed by atoms with Crippen LogP contribution in [0.3, 0.4) is 0 Å². The molecule has 0 unspecified atom stereocenters. The van der Waals surface area contributed by atoms with Crippen molar-refractivity contribution in [2.24, 2.45) is 7.05 Å². The number of nitro groups is 1. The zero-order chi connectivity index (χ0) is 17.3. The van der Waals surface area contributed by atoms with Gasteiger partial charge in [-0.1, -0.05) is 6.92 Å². The average molecular weight is 331 g/mol. The van der Waals surface area contributed by atoms with E-state index in [1.807, 2.05) is 24.8 Å². The third kappa shape index (κ3) is 2.89. The van der Waals surface area contributed by atoms with Crippen molar-refractivity contribution in [3.63, 3.8) is 0 Å². The highest BCUT2D eigenvalue weighted by molar-refractivity contribution is 5.62. The molecule has 0 amide bonds. The zero-order valence-corrected chi connectivity index (χ0v) is 14.1. The Morgan fingerprint density at radius 2 is 1.92 bits per heavy atom. The van der Waals surface area contributed by atoms with Gasteiger partial charge in [-0.3, -0.25) is 10.1 Å². The van der Waals surface area contributed by atoms with Crippen LogP contribution >= 0.6 is 0 Å². The minimum Gasteiger partial charge on any atom is -0.353 e. The van der Waals surface area contributed by atoms with Crippen LogP contribution < -0.4 is 9.80 Å². The van der Waals surface area contributed by atoms with Gasteiger partial charge in [-0.15, -0.1) is 0 Å². The molecule has 1 fully saturated rings. The van der Waals surface area contributed by atoms with Crippen molar-refractivity contribution in [1.82, 2.24) is 19.7 Å². The Morgan fingerprint density at radius 1 is 1.25 bits per heavy atom. The Bertz CT molecular complexity index is 750. The van der Waals surface area contributed by atoms with Crippen LogP contribution in [0.5, 0.6) is 0 Å². The molecule has 128 valence electrons. The third-order valence-electron chi connectivity index (χ3n) is 4.24. The zero-order valence-electron chi connectivity index (χ0n) is 14.1. The van der Waals surface area contributed by atoms with E-state index in [2.05, 4.69) is 20.0 Å². The predicted octanol–water partition coefficient (Wildman–Crippen LogP) is 1.32. The number of anilines is 2. The van der Waals surface area contributed by atoms with E-state index in [1.165, 1.54) is 0 Å². The maximum Gasteiger partial charge on any atom is 0.334 e.